The number of rotatable bonds is 5. The van der Waals surface area contributed by atoms with Crippen molar-refractivity contribution in [2.24, 2.45) is 11.3 Å². The summed E-state index contributed by atoms with van der Waals surface area (Å²) in [5.41, 5.74) is 0.103. The van der Waals surface area contributed by atoms with E-state index in [1.807, 2.05) is 0 Å². The van der Waals surface area contributed by atoms with Gasteiger partial charge >= 0.3 is 0 Å². The zero-order valence-corrected chi connectivity index (χ0v) is 11.5. The Kier molecular flexibility index (Phi) is 3.12. The van der Waals surface area contributed by atoms with Gasteiger partial charge in [-0.2, -0.15) is 0 Å². The Morgan fingerprint density at radius 1 is 1.55 bits per heavy atom. The third-order valence-electron chi connectivity index (χ3n) is 4.22. The van der Waals surface area contributed by atoms with E-state index in [0.29, 0.717) is 6.54 Å². The van der Waals surface area contributed by atoms with E-state index in [4.69, 9.17) is 11.6 Å². The largest absolute Gasteiger partial charge is 0.351 e. The molecule has 2 saturated carbocycles. The van der Waals surface area contributed by atoms with Crippen LogP contribution in [-0.4, -0.2) is 22.4 Å². The van der Waals surface area contributed by atoms with Gasteiger partial charge in [-0.3, -0.25) is 14.9 Å². The fraction of sp³-hybridized carbons (Fsp3) is 0.538. The van der Waals surface area contributed by atoms with Gasteiger partial charge in [-0.05, 0) is 37.0 Å². The van der Waals surface area contributed by atoms with Crippen molar-refractivity contribution in [1.82, 2.24) is 10.3 Å². The van der Waals surface area contributed by atoms with Gasteiger partial charge in [0, 0.05) is 12.6 Å². The van der Waals surface area contributed by atoms with Gasteiger partial charge in [-0.1, -0.05) is 11.6 Å². The third kappa shape index (κ3) is 2.47. The minimum atomic E-state index is -0.591. The Hall–Kier alpha value is -1.69. The van der Waals surface area contributed by atoms with E-state index >= 15 is 0 Å². The number of amides is 1. The molecule has 0 saturated heterocycles. The van der Waals surface area contributed by atoms with E-state index in [-0.39, 0.29) is 21.8 Å². The van der Waals surface area contributed by atoms with Crippen molar-refractivity contribution in [2.75, 3.05) is 6.54 Å². The Bertz CT molecular complexity index is 582. The average Bonchev–Trinajstić information content (AvgIpc) is 3.27. The van der Waals surface area contributed by atoms with Crippen LogP contribution in [0.25, 0.3) is 0 Å². The first-order valence-corrected chi connectivity index (χ1v) is 6.98. The lowest BCUT2D eigenvalue weighted by molar-refractivity contribution is -0.385. The second-order valence-corrected chi connectivity index (χ2v) is 5.97. The van der Waals surface area contributed by atoms with Crippen molar-refractivity contribution in [3.8, 4) is 0 Å². The lowest BCUT2D eigenvalue weighted by Crippen LogP contribution is -2.31. The number of nitrogens with zero attached hydrogens (tertiary/aromatic N) is 2. The van der Waals surface area contributed by atoms with Crippen molar-refractivity contribution >= 4 is 23.2 Å². The molecule has 1 heterocycles. The summed E-state index contributed by atoms with van der Waals surface area (Å²) in [7, 11) is 0. The number of halogens is 1. The highest BCUT2D eigenvalue weighted by Crippen LogP contribution is 2.60. The minimum Gasteiger partial charge on any atom is -0.351 e. The molecule has 1 aromatic rings. The van der Waals surface area contributed by atoms with E-state index in [1.165, 1.54) is 18.9 Å². The van der Waals surface area contributed by atoms with Crippen LogP contribution in [0.2, 0.25) is 5.15 Å². The molecule has 1 aromatic heterocycles. The molecule has 0 radical (unpaired) electrons. The van der Waals surface area contributed by atoms with Gasteiger partial charge in [-0.25, -0.2) is 4.98 Å². The minimum absolute atomic E-state index is 0.00984. The number of carbonyl (C=O) groups is 1. The lowest BCUT2D eigenvalue weighted by atomic mass is 10.0. The number of hydrogen-bond donors (Lipinski definition) is 1. The second-order valence-electron chi connectivity index (χ2n) is 5.61. The standard InChI is InChI=1S/C13H14ClN3O3/c14-11-10(5-9(6-15-11)17(19)20)12(18)16-7-13(3-4-13)8-1-2-8/h5-6,8H,1-4,7H2,(H,16,18). The van der Waals surface area contributed by atoms with E-state index < -0.39 is 10.8 Å². The topological polar surface area (TPSA) is 85.1 Å². The van der Waals surface area contributed by atoms with Gasteiger partial charge in [0.1, 0.15) is 11.3 Å². The molecule has 20 heavy (non-hydrogen) atoms. The van der Waals surface area contributed by atoms with E-state index in [1.54, 1.807) is 0 Å². The Balaban J connectivity index is 1.70. The Labute approximate surface area is 120 Å². The summed E-state index contributed by atoms with van der Waals surface area (Å²) in [6, 6.07) is 1.17. The van der Waals surface area contributed by atoms with Crippen molar-refractivity contribution < 1.29 is 9.72 Å². The van der Waals surface area contributed by atoms with E-state index in [0.717, 1.165) is 25.0 Å². The molecule has 2 aliphatic rings. The molecule has 0 spiro atoms. The monoisotopic (exact) mass is 295 g/mol. The zero-order valence-electron chi connectivity index (χ0n) is 10.8. The second kappa shape index (κ2) is 4.70. The highest BCUT2D eigenvalue weighted by Gasteiger charge is 2.53. The van der Waals surface area contributed by atoms with Crippen molar-refractivity contribution in [2.45, 2.75) is 25.7 Å². The van der Waals surface area contributed by atoms with Crippen LogP contribution in [0, 0.1) is 21.4 Å². The van der Waals surface area contributed by atoms with Crippen LogP contribution in [0.15, 0.2) is 12.3 Å². The molecule has 0 unspecified atom stereocenters. The van der Waals surface area contributed by atoms with Gasteiger partial charge in [0.2, 0.25) is 0 Å². The summed E-state index contributed by atoms with van der Waals surface area (Å²) in [6.07, 6.45) is 5.84. The summed E-state index contributed by atoms with van der Waals surface area (Å²) in [4.78, 5) is 25.9. The predicted octanol–water partition coefficient (Wildman–Crippen LogP) is 2.56. The summed E-state index contributed by atoms with van der Waals surface area (Å²) >= 11 is 5.84. The number of nitrogens with one attached hydrogen (secondary N) is 1. The fourth-order valence-electron chi connectivity index (χ4n) is 2.63. The maximum atomic E-state index is 12.1. The zero-order chi connectivity index (χ0) is 14.3. The van der Waals surface area contributed by atoms with Gasteiger partial charge in [0.15, 0.2) is 0 Å². The Morgan fingerprint density at radius 3 is 2.80 bits per heavy atom. The summed E-state index contributed by atoms with van der Waals surface area (Å²) < 4.78 is 0. The number of hydrogen-bond acceptors (Lipinski definition) is 4. The molecule has 106 valence electrons. The summed E-state index contributed by atoms with van der Waals surface area (Å²) in [5.74, 6) is 0.347. The molecule has 0 aliphatic heterocycles. The smallest absolute Gasteiger partial charge is 0.288 e. The fourth-order valence-corrected chi connectivity index (χ4v) is 2.82. The van der Waals surface area contributed by atoms with Crippen molar-refractivity contribution in [3.05, 3.63) is 33.1 Å². The van der Waals surface area contributed by atoms with Gasteiger partial charge in [0.25, 0.3) is 11.6 Å². The van der Waals surface area contributed by atoms with Crippen LogP contribution in [0.3, 0.4) is 0 Å². The quantitative estimate of drug-likeness (QED) is 0.514. The summed E-state index contributed by atoms with van der Waals surface area (Å²) in [5, 5.41) is 13.5. The molecule has 0 atom stereocenters. The van der Waals surface area contributed by atoms with Gasteiger partial charge in [-0.15, -0.1) is 0 Å². The molecule has 0 aromatic carbocycles. The lowest BCUT2D eigenvalue weighted by Gasteiger charge is -2.15. The first-order valence-electron chi connectivity index (χ1n) is 6.60. The van der Waals surface area contributed by atoms with Crippen LogP contribution < -0.4 is 5.32 Å². The molecular formula is C13H14ClN3O3. The molecule has 6 nitrogen and oxygen atoms in total. The molecule has 7 heteroatoms. The van der Waals surface area contributed by atoms with E-state index in [9.17, 15) is 14.9 Å². The van der Waals surface area contributed by atoms with Crippen LogP contribution in [0.5, 0.6) is 0 Å². The normalized spacial score (nSPS) is 19.4. The number of carbonyl (C=O) groups excluding carboxylic acids is 1. The maximum Gasteiger partial charge on any atom is 0.288 e. The number of aromatic nitrogens is 1. The number of pyridine rings is 1. The van der Waals surface area contributed by atoms with Crippen LogP contribution >= 0.6 is 11.6 Å². The Morgan fingerprint density at radius 2 is 2.25 bits per heavy atom. The van der Waals surface area contributed by atoms with Crippen LogP contribution in [0.4, 0.5) is 5.69 Å². The molecule has 2 aliphatic carbocycles. The first kappa shape index (κ1) is 13.3. The molecule has 2 fully saturated rings. The van der Waals surface area contributed by atoms with Crippen LogP contribution in [0.1, 0.15) is 36.0 Å². The van der Waals surface area contributed by atoms with Gasteiger partial charge in [0.05, 0.1) is 10.5 Å². The molecule has 3 rings (SSSR count). The van der Waals surface area contributed by atoms with Crippen molar-refractivity contribution in [1.29, 1.82) is 0 Å². The average molecular weight is 296 g/mol. The molecule has 1 N–H and O–H groups in total. The molecular weight excluding hydrogens is 282 g/mol. The number of nitro groups is 1. The third-order valence-corrected chi connectivity index (χ3v) is 4.52. The first-order chi connectivity index (χ1) is 9.52. The van der Waals surface area contributed by atoms with Crippen LogP contribution in [-0.2, 0) is 0 Å². The summed E-state index contributed by atoms with van der Waals surface area (Å²) in [6.45, 7) is 0.621. The highest BCUT2D eigenvalue weighted by molar-refractivity contribution is 6.32. The van der Waals surface area contributed by atoms with Gasteiger partial charge < -0.3 is 5.32 Å². The van der Waals surface area contributed by atoms with Crippen molar-refractivity contribution in [3.63, 3.8) is 0 Å². The SMILES string of the molecule is O=C(NCC1(C2CC2)CC1)c1cc([N+](=O)[O-])cnc1Cl. The molecule has 0 bridgehead atoms. The molecule has 1 amide bonds. The predicted molar refractivity (Wildman–Crippen MR) is 72.6 cm³/mol. The van der Waals surface area contributed by atoms with E-state index in [2.05, 4.69) is 10.3 Å². The highest BCUT2D eigenvalue weighted by atomic mass is 35.5. The maximum absolute atomic E-state index is 12.1.